The van der Waals surface area contributed by atoms with E-state index in [2.05, 4.69) is 9.97 Å². The molecule has 0 radical (unpaired) electrons. The second kappa shape index (κ2) is 5.70. The third-order valence-electron chi connectivity index (χ3n) is 1.92. The molecular formula is C11H10N2O2S2. The van der Waals surface area contributed by atoms with Crippen LogP contribution in [-0.4, -0.2) is 21.0 Å². The lowest BCUT2D eigenvalue weighted by Gasteiger charge is -1.93. The van der Waals surface area contributed by atoms with Gasteiger partial charge in [-0.05, 0) is 23.1 Å². The predicted molar refractivity (Wildman–Crippen MR) is 69.1 cm³/mol. The van der Waals surface area contributed by atoms with Gasteiger partial charge in [-0.1, -0.05) is 11.8 Å². The van der Waals surface area contributed by atoms with Gasteiger partial charge in [0.05, 0.1) is 0 Å². The topological polar surface area (TPSA) is 66.0 Å². The Morgan fingerprint density at radius 1 is 1.65 bits per heavy atom. The molecule has 0 aliphatic rings. The molecule has 2 heterocycles. The van der Waals surface area contributed by atoms with Crippen molar-refractivity contribution in [2.24, 2.45) is 0 Å². The molecule has 0 fully saturated rings. The SMILES string of the molecule is O=C(O)/C=C/c1csc(CSc2ncc[nH]2)c1. The normalized spacial score (nSPS) is 11.1. The van der Waals surface area contributed by atoms with Gasteiger partial charge >= 0.3 is 5.97 Å². The van der Waals surface area contributed by atoms with Crippen molar-refractivity contribution >= 4 is 35.1 Å². The van der Waals surface area contributed by atoms with E-state index in [-0.39, 0.29) is 0 Å². The summed E-state index contributed by atoms with van der Waals surface area (Å²) in [7, 11) is 0. The Labute approximate surface area is 106 Å². The molecule has 88 valence electrons. The zero-order chi connectivity index (χ0) is 12.1. The van der Waals surface area contributed by atoms with Gasteiger partial charge in [0.2, 0.25) is 0 Å². The fourth-order valence-corrected chi connectivity index (χ4v) is 2.93. The molecule has 0 unspecified atom stereocenters. The maximum atomic E-state index is 10.4. The molecule has 0 aliphatic heterocycles. The molecule has 0 saturated carbocycles. The van der Waals surface area contributed by atoms with E-state index >= 15 is 0 Å². The van der Waals surface area contributed by atoms with E-state index in [9.17, 15) is 4.79 Å². The summed E-state index contributed by atoms with van der Waals surface area (Å²) in [5, 5.41) is 11.3. The number of thiophene rings is 1. The van der Waals surface area contributed by atoms with Crippen LogP contribution in [0, 0.1) is 0 Å². The molecule has 2 aromatic rings. The van der Waals surface area contributed by atoms with E-state index in [0.717, 1.165) is 22.5 Å². The predicted octanol–water partition coefficient (Wildman–Crippen LogP) is 2.86. The number of hydrogen-bond donors (Lipinski definition) is 2. The van der Waals surface area contributed by atoms with Gasteiger partial charge in [0, 0.05) is 29.1 Å². The average Bonchev–Trinajstić information content (AvgIpc) is 2.95. The smallest absolute Gasteiger partial charge is 0.328 e. The van der Waals surface area contributed by atoms with Gasteiger partial charge in [0.15, 0.2) is 5.16 Å². The van der Waals surface area contributed by atoms with Crippen molar-refractivity contribution < 1.29 is 9.90 Å². The molecule has 17 heavy (non-hydrogen) atoms. The molecule has 0 spiro atoms. The van der Waals surface area contributed by atoms with Crippen molar-refractivity contribution in [3.63, 3.8) is 0 Å². The molecule has 0 aliphatic carbocycles. The maximum Gasteiger partial charge on any atom is 0.328 e. The maximum absolute atomic E-state index is 10.4. The number of aliphatic carboxylic acids is 1. The van der Waals surface area contributed by atoms with E-state index < -0.39 is 5.97 Å². The molecule has 0 amide bonds. The number of aromatic nitrogens is 2. The van der Waals surface area contributed by atoms with Crippen LogP contribution in [-0.2, 0) is 10.5 Å². The first-order valence-corrected chi connectivity index (χ1v) is 6.71. The highest BCUT2D eigenvalue weighted by Gasteiger charge is 2.01. The number of rotatable bonds is 5. The quantitative estimate of drug-likeness (QED) is 0.645. The fourth-order valence-electron chi connectivity index (χ4n) is 1.20. The van der Waals surface area contributed by atoms with E-state index in [0.29, 0.717) is 0 Å². The molecule has 0 bridgehead atoms. The van der Waals surface area contributed by atoms with Crippen LogP contribution in [0.3, 0.4) is 0 Å². The van der Waals surface area contributed by atoms with Crippen molar-refractivity contribution in [2.75, 3.05) is 0 Å². The summed E-state index contributed by atoms with van der Waals surface area (Å²) in [4.78, 5) is 18.7. The number of nitrogens with one attached hydrogen (secondary N) is 1. The van der Waals surface area contributed by atoms with Crippen molar-refractivity contribution in [2.45, 2.75) is 10.9 Å². The summed E-state index contributed by atoms with van der Waals surface area (Å²) in [5.41, 5.74) is 0.924. The monoisotopic (exact) mass is 266 g/mol. The first-order valence-electron chi connectivity index (χ1n) is 4.84. The minimum absolute atomic E-state index is 0.832. The number of carboxylic acids is 1. The molecule has 2 N–H and O–H groups in total. The zero-order valence-electron chi connectivity index (χ0n) is 8.79. The van der Waals surface area contributed by atoms with Gasteiger partial charge in [-0.25, -0.2) is 9.78 Å². The lowest BCUT2D eigenvalue weighted by atomic mass is 10.3. The van der Waals surface area contributed by atoms with E-state index in [4.69, 9.17) is 5.11 Å². The van der Waals surface area contributed by atoms with Crippen LogP contribution in [0.2, 0.25) is 0 Å². The van der Waals surface area contributed by atoms with E-state index in [1.54, 1.807) is 41.6 Å². The summed E-state index contributed by atoms with van der Waals surface area (Å²) in [6.45, 7) is 0. The summed E-state index contributed by atoms with van der Waals surface area (Å²) < 4.78 is 0. The lowest BCUT2D eigenvalue weighted by Crippen LogP contribution is -1.84. The Bertz CT molecular complexity index is 517. The van der Waals surface area contributed by atoms with Crippen molar-refractivity contribution in [1.82, 2.24) is 9.97 Å². The third kappa shape index (κ3) is 3.76. The minimum Gasteiger partial charge on any atom is -0.478 e. The molecular weight excluding hydrogens is 256 g/mol. The summed E-state index contributed by atoms with van der Waals surface area (Å²) in [6, 6.07) is 1.99. The van der Waals surface area contributed by atoms with Crippen molar-refractivity contribution in [3.8, 4) is 0 Å². The van der Waals surface area contributed by atoms with Crippen LogP contribution in [0.15, 0.2) is 35.1 Å². The average molecular weight is 266 g/mol. The summed E-state index contributed by atoms with van der Waals surface area (Å²) >= 11 is 3.24. The molecule has 2 rings (SSSR count). The Balaban J connectivity index is 1.92. The highest BCUT2D eigenvalue weighted by molar-refractivity contribution is 7.98. The van der Waals surface area contributed by atoms with Gasteiger partial charge < -0.3 is 10.1 Å². The number of imidazole rings is 1. The lowest BCUT2D eigenvalue weighted by molar-refractivity contribution is -0.131. The van der Waals surface area contributed by atoms with Crippen LogP contribution in [0.4, 0.5) is 0 Å². The highest BCUT2D eigenvalue weighted by Crippen LogP contribution is 2.24. The fraction of sp³-hybridized carbons (Fsp3) is 0.0909. The van der Waals surface area contributed by atoms with Crippen LogP contribution in [0.1, 0.15) is 10.4 Å². The number of carbonyl (C=O) groups is 1. The summed E-state index contributed by atoms with van der Waals surface area (Å²) in [5.74, 6) is -0.0956. The van der Waals surface area contributed by atoms with Crippen LogP contribution < -0.4 is 0 Å². The van der Waals surface area contributed by atoms with Crippen LogP contribution in [0.25, 0.3) is 6.08 Å². The Hall–Kier alpha value is -1.53. The Kier molecular flexibility index (Phi) is 4.00. The number of thioether (sulfide) groups is 1. The van der Waals surface area contributed by atoms with Crippen molar-refractivity contribution in [1.29, 1.82) is 0 Å². The Morgan fingerprint density at radius 2 is 2.53 bits per heavy atom. The molecule has 2 aromatic heterocycles. The number of hydrogen-bond acceptors (Lipinski definition) is 4. The van der Waals surface area contributed by atoms with Crippen LogP contribution in [0.5, 0.6) is 0 Å². The van der Waals surface area contributed by atoms with Gasteiger partial charge in [0.25, 0.3) is 0 Å². The molecule has 0 atom stereocenters. The second-order valence-electron chi connectivity index (χ2n) is 3.20. The standard InChI is InChI=1S/C11H10N2O2S2/c14-10(15)2-1-8-5-9(16-6-8)7-17-11-12-3-4-13-11/h1-6H,7H2,(H,12,13)(H,14,15)/b2-1+. The van der Waals surface area contributed by atoms with Gasteiger partial charge in [0.1, 0.15) is 0 Å². The van der Waals surface area contributed by atoms with Crippen molar-refractivity contribution in [3.05, 3.63) is 40.4 Å². The third-order valence-corrected chi connectivity index (χ3v) is 4.01. The minimum atomic E-state index is -0.928. The molecule has 0 saturated heterocycles. The highest BCUT2D eigenvalue weighted by atomic mass is 32.2. The largest absolute Gasteiger partial charge is 0.478 e. The van der Waals surface area contributed by atoms with Crippen LogP contribution >= 0.6 is 23.1 Å². The first kappa shape index (κ1) is 11.9. The molecule has 6 heteroatoms. The first-order chi connectivity index (χ1) is 8.24. The number of nitrogens with zero attached hydrogens (tertiary/aromatic N) is 1. The van der Waals surface area contributed by atoms with Gasteiger partial charge in [-0.2, -0.15) is 0 Å². The number of H-pyrrole nitrogens is 1. The molecule has 4 nitrogen and oxygen atoms in total. The van der Waals surface area contributed by atoms with Gasteiger partial charge in [-0.3, -0.25) is 0 Å². The van der Waals surface area contributed by atoms with E-state index in [1.807, 2.05) is 11.4 Å². The number of aromatic amines is 1. The number of carboxylic acid groups (broad SMARTS) is 1. The van der Waals surface area contributed by atoms with E-state index in [1.165, 1.54) is 4.88 Å². The Morgan fingerprint density at radius 3 is 3.24 bits per heavy atom. The second-order valence-corrected chi connectivity index (χ2v) is 5.16. The summed E-state index contributed by atoms with van der Waals surface area (Å²) in [6.07, 6.45) is 6.25. The molecule has 0 aromatic carbocycles. The zero-order valence-corrected chi connectivity index (χ0v) is 10.4. The van der Waals surface area contributed by atoms with Gasteiger partial charge in [-0.15, -0.1) is 11.3 Å².